The zero-order valence-electron chi connectivity index (χ0n) is 13.1. The van der Waals surface area contributed by atoms with E-state index in [0.717, 1.165) is 0 Å². The van der Waals surface area contributed by atoms with Crippen molar-refractivity contribution >= 4 is 5.97 Å². The van der Waals surface area contributed by atoms with Crippen LogP contribution >= 0.6 is 0 Å². The Kier molecular flexibility index (Phi) is 4.67. The van der Waals surface area contributed by atoms with Crippen molar-refractivity contribution in [2.24, 2.45) is 11.3 Å². The normalized spacial score (nSPS) is 23.7. The van der Waals surface area contributed by atoms with Crippen molar-refractivity contribution in [2.45, 2.75) is 46.3 Å². The third-order valence-corrected chi connectivity index (χ3v) is 4.06. The number of carbonyl (C=O) groups is 1. The molecule has 1 aromatic carbocycles. The van der Waals surface area contributed by atoms with Crippen LogP contribution in [0, 0.1) is 17.2 Å². The molecule has 2 unspecified atom stereocenters. The summed E-state index contributed by atoms with van der Waals surface area (Å²) in [7, 11) is 0. The van der Waals surface area contributed by atoms with Gasteiger partial charge in [-0.15, -0.1) is 0 Å². The van der Waals surface area contributed by atoms with Crippen LogP contribution < -0.4 is 0 Å². The van der Waals surface area contributed by atoms with E-state index in [4.69, 9.17) is 9.47 Å². The van der Waals surface area contributed by atoms with Crippen LogP contribution in [0.5, 0.6) is 0 Å². The minimum absolute atomic E-state index is 0.0140. The molecule has 116 valence electrons. The Morgan fingerprint density at radius 2 is 2.00 bits per heavy atom. The van der Waals surface area contributed by atoms with Crippen LogP contribution in [0.15, 0.2) is 24.3 Å². The summed E-state index contributed by atoms with van der Waals surface area (Å²) in [6.45, 7) is 8.92. The van der Waals surface area contributed by atoms with Crippen LogP contribution in [0.3, 0.4) is 0 Å². The first-order chi connectivity index (χ1) is 9.82. The van der Waals surface area contributed by atoms with Crippen LogP contribution in [0.25, 0.3) is 0 Å². The molecule has 2 atom stereocenters. The largest absolute Gasteiger partial charge is 0.458 e. The molecule has 0 spiro atoms. The Morgan fingerprint density at radius 1 is 1.33 bits per heavy atom. The number of rotatable bonds is 5. The van der Waals surface area contributed by atoms with Crippen LogP contribution in [-0.4, -0.2) is 24.8 Å². The van der Waals surface area contributed by atoms with E-state index in [9.17, 15) is 9.18 Å². The molecule has 21 heavy (non-hydrogen) atoms. The minimum Gasteiger partial charge on any atom is -0.458 e. The van der Waals surface area contributed by atoms with Crippen molar-refractivity contribution in [1.29, 1.82) is 0 Å². The summed E-state index contributed by atoms with van der Waals surface area (Å²) in [5.74, 6) is -0.679. The average molecular weight is 294 g/mol. The zero-order valence-corrected chi connectivity index (χ0v) is 13.1. The van der Waals surface area contributed by atoms with Gasteiger partial charge in [0.25, 0.3) is 0 Å². The molecular weight excluding hydrogens is 271 g/mol. The molecule has 0 aliphatic heterocycles. The summed E-state index contributed by atoms with van der Waals surface area (Å²) in [5.41, 5.74) is -0.254. The van der Waals surface area contributed by atoms with Crippen LogP contribution in [-0.2, 0) is 9.47 Å². The zero-order chi connectivity index (χ0) is 15.6. The average Bonchev–Trinajstić information content (AvgIpc) is 2.41. The first-order valence-corrected chi connectivity index (χ1v) is 7.39. The molecule has 2 rings (SSSR count). The number of carbonyl (C=O) groups excluding carboxylic acids is 1. The highest BCUT2D eigenvalue weighted by Crippen LogP contribution is 2.45. The molecule has 3 nitrogen and oxygen atoms in total. The van der Waals surface area contributed by atoms with Gasteiger partial charge in [0.05, 0.1) is 11.7 Å². The van der Waals surface area contributed by atoms with Crippen molar-refractivity contribution in [3.8, 4) is 0 Å². The summed E-state index contributed by atoms with van der Waals surface area (Å²) < 4.78 is 24.8. The third-order valence-electron chi connectivity index (χ3n) is 4.06. The maximum Gasteiger partial charge on any atom is 0.341 e. The highest BCUT2D eigenvalue weighted by molar-refractivity contribution is 5.89. The third kappa shape index (κ3) is 3.43. The second kappa shape index (κ2) is 6.14. The molecule has 0 amide bonds. The number of benzene rings is 1. The van der Waals surface area contributed by atoms with E-state index < -0.39 is 11.8 Å². The van der Waals surface area contributed by atoms with Crippen molar-refractivity contribution in [3.63, 3.8) is 0 Å². The number of hydrogen-bond donors (Lipinski definition) is 0. The molecule has 0 heterocycles. The van der Waals surface area contributed by atoms with Gasteiger partial charge >= 0.3 is 5.97 Å². The molecule has 0 radical (unpaired) electrons. The first kappa shape index (κ1) is 16.0. The predicted octanol–water partition coefficient (Wildman–Crippen LogP) is 3.82. The number of hydrogen-bond acceptors (Lipinski definition) is 3. The smallest absolute Gasteiger partial charge is 0.341 e. The maximum atomic E-state index is 13.6. The van der Waals surface area contributed by atoms with Crippen molar-refractivity contribution in [3.05, 3.63) is 35.6 Å². The van der Waals surface area contributed by atoms with Gasteiger partial charge < -0.3 is 9.47 Å². The number of ether oxygens (including phenoxy) is 2. The predicted molar refractivity (Wildman–Crippen MR) is 78.6 cm³/mol. The van der Waals surface area contributed by atoms with Gasteiger partial charge in [0.1, 0.15) is 11.9 Å². The summed E-state index contributed by atoms with van der Waals surface area (Å²) >= 11 is 0. The lowest BCUT2D eigenvalue weighted by atomic mass is 9.66. The monoisotopic (exact) mass is 294 g/mol. The maximum absolute atomic E-state index is 13.6. The van der Waals surface area contributed by atoms with Gasteiger partial charge in [-0.2, -0.15) is 0 Å². The number of esters is 1. The summed E-state index contributed by atoms with van der Waals surface area (Å²) in [5, 5.41) is 0. The molecule has 0 N–H and O–H groups in total. The van der Waals surface area contributed by atoms with Gasteiger partial charge in [-0.1, -0.05) is 39.8 Å². The van der Waals surface area contributed by atoms with E-state index in [0.29, 0.717) is 18.9 Å². The topological polar surface area (TPSA) is 35.5 Å². The molecule has 1 saturated carbocycles. The highest BCUT2D eigenvalue weighted by Gasteiger charge is 2.51. The molecule has 0 aromatic heterocycles. The van der Waals surface area contributed by atoms with Crippen LogP contribution in [0.4, 0.5) is 4.39 Å². The van der Waals surface area contributed by atoms with Gasteiger partial charge in [0.2, 0.25) is 0 Å². The first-order valence-electron chi connectivity index (χ1n) is 7.39. The summed E-state index contributed by atoms with van der Waals surface area (Å²) in [4.78, 5) is 12.0. The van der Waals surface area contributed by atoms with E-state index in [1.807, 2.05) is 13.8 Å². The minimum atomic E-state index is -0.603. The lowest BCUT2D eigenvalue weighted by molar-refractivity contribution is -0.180. The van der Waals surface area contributed by atoms with Gasteiger partial charge in [-0.05, 0) is 18.1 Å². The Balaban J connectivity index is 1.93. The second-order valence-corrected chi connectivity index (χ2v) is 6.65. The Morgan fingerprint density at radius 3 is 2.57 bits per heavy atom. The van der Waals surface area contributed by atoms with Crippen molar-refractivity contribution in [1.82, 2.24) is 0 Å². The van der Waals surface area contributed by atoms with Crippen molar-refractivity contribution in [2.75, 3.05) is 6.61 Å². The molecular formula is C17H23FO3. The van der Waals surface area contributed by atoms with Gasteiger partial charge in [-0.3, -0.25) is 0 Å². The fourth-order valence-electron chi connectivity index (χ4n) is 2.46. The SMILES string of the molecule is CC(C)COC1CC(OC(=O)c2ccccc2F)C1(C)C. The van der Waals surface area contributed by atoms with Crippen LogP contribution in [0.2, 0.25) is 0 Å². The number of halogens is 1. The lowest BCUT2D eigenvalue weighted by Gasteiger charge is -2.50. The molecule has 1 fully saturated rings. The van der Waals surface area contributed by atoms with Crippen LogP contribution in [0.1, 0.15) is 44.5 Å². The fraction of sp³-hybridized carbons (Fsp3) is 0.588. The van der Waals surface area contributed by atoms with E-state index >= 15 is 0 Å². The van der Waals surface area contributed by atoms with Gasteiger partial charge in [0, 0.05) is 18.4 Å². The molecule has 1 aromatic rings. The molecule has 1 aliphatic carbocycles. The fourth-order valence-corrected chi connectivity index (χ4v) is 2.46. The Labute approximate surface area is 125 Å². The molecule has 4 heteroatoms. The van der Waals surface area contributed by atoms with Crippen molar-refractivity contribution < 1.29 is 18.7 Å². The lowest BCUT2D eigenvalue weighted by Crippen LogP contribution is -2.56. The molecule has 0 bridgehead atoms. The van der Waals surface area contributed by atoms with Gasteiger partial charge in [-0.25, -0.2) is 9.18 Å². The molecule has 0 saturated heterocycles. The summed E-state index contributed by atoms with van der Waals surface area (Å²) in [6, 6.07) is 5.88. The van der Waals surface area contributed by atoms with E-state index in [2.05, 4.69) is 13.8 Å². The molecule has 1 aliphatic rings. The quantitative estimate of drug-likeness (QED) is 0.774. The van der Waals surface area contributed by atoms with E-state index in [-0.39, 0.29) is 23.2 Å². The van der Waals surface area contributed by atoms with Gasteiger partial charge in [0.15, 0.2) is 0 Å². The van der Waals surface area contributed by atoms with E-state index in [1.54, 1.807) is 12.1 Å². The standard InChI is InChI=1S/C17H23FO3/c1-11(2)10-20-14-9-15(17(14,3)4)21-16(19)12-7-5-6-8-13(12)18/h5-8,11,14-15H,9-10H2,1-4H3. The van der Waals surface area contributed by atoms with E-state index in [1.165, 1.54) is 12.1 Å². The summed E-state index contributed by atoms with van der Waals surface area (Å²) in [6.07, 6.45) is 0.514. The second-order valence-electron chi connectivity index (χ2n) is 6.65. The Bertz CT molecular complexity index is 511. The highest BCUT2D eigenvalue weighted by atomic mass is 19.1. The Hall–Kier alpha value is -1.42.